The molecule has 0 aliphatic carbocycles. The van der Waals surface area contributed by atoms with E-state index in [1.807, 2.05) is 0 Å². The van der Waals surface area contributed by atoms with Gasteiger partial charge in [-0.2, -0.15) is 4.31 Å². The van der Waals surface area contributed by atoms with Crippen LogP contribution in [-0.4, -0.2) is 43.9 Å². The van der Waals surface area contributed by atoms with Gasteiger partial charge < -0.3 is 5.32 Å². The first-order valence-electron chi connectivity index (χ1n) is 5.32. The molecule has 1 aliphatic heterocycles. The maximum Gasteiger partial charge on any atom is 0.244 e. The molecular formula is C10H15N3O2S. The van der Waals surface area contributed by atoms with Crippen LogP contribution in [-0.2, 0) is 10.0 Å². The van der Waals surface area contributed by atoms with Crippen LogP contribution in [0, 0.1) is 0 Å². The van der Waals surface area contributed by atoms with Gasteiger partial charge in [-0.15, -0.1) is 0 Å². The Morgan fingerprint density at radius 3 is 2.94 bits per heavy atom. The molecule has 0 atom stereocenters. The van der Waals surface area contributed by atoms with Crippen molar-refractivity contribution in [1.29, 1.82) is 0 Å². The highest BCUT2D eigenvalue weighted by Gasteiger charge is 2.24. The molecule has 0 unspecified atom stereocenters. The molecule has 2 heterocycles. The van der Waals surface area contributed by atoms with Gasteiger partial charge in [0.05, 0.1) is 0 Å². The van der Waals surface area contributed by atoms with Gasteiger partial charge in [-0.25, -0.2) is 8.42 Å². The highest BCUT2D eigenvalue weighted by atomic mass is 32.2. The van der Waals surface area contributed by atoms with E-state index in [1.165, 1.54) is 10.5 Å². The smallest absolute Gasteiger partial charge is 0.244 e. The van der Waals surface area contributed by atoms with Crippen molar-refractivity contribution in [2.24, 2.45) is 0 Å². The molecule has 2 rings (SSSR count). The molecule has 1 aromatic rings. The fraction of sp³-hybridized carbons (Fsp3) is 0.500. The normalized spacial score (nSPS) is 19.2. The molecule has 6 heteroatoms. The Balaban J connectivity index is 2.24. The van der Waals surface area contributed by atoms with E-state index in [0.717, 1.165) is 13.0 Å². The lowest BCUT2D eigenvalue weighted by molar-refractivity contribution is 0.431. The summed E-state index contributed by atoms with van der Waals surface area (Å²) in [6.07, 6.45) is 3.82. The molecule has 1 saturated heterocycles. The molecule has 88 valence electrons. The number of hydrogen-bond donors (Lipinski definition) is 1. The van der Waals surface area contributed by atoms with Crippen molar-refractivity contribution >= 4 is 10.0 Å². The molecule has 16 heavy (non-hydrogen) atoms. The summed E-state index contributed by atoms with van der Waals surface area (Å²) in [6.45, 7) is 2.68. The Morgan fingerprint density at radius 1 is 1.31 bits per heavy atom. The molecule has 1 N–H and O–H groups in total. The van der Waals surface area contributed by atoms with E-state index in [1.54, 1.807) is 18.3 Å². The first-order valence-corrected chi connectivity index (χ1v) is 6.76. The molecule has 0 saturated carbocycles. The summed E-state index contributed by atoms with van der Waals surface area (Å²) < 4.78 is 25.9. The van der Waals surface area contributed by atoms with Gasteiger partial charge in [-0.3, -0.25) is 4.98 Å². The first-order chi connectivity index (χ1) is 7.71. The molecule has 1 aromatic heterocycles. The lowest BCUT2D eigenvalue weighted by Crippen LogP contribution is -2.34. The summed E-state index contributed by atoms with van der Waals surface area (Å²) >= 11 is 0. The van der Waals surface area contributed by atoms with E-state index in [2.05, 4.69) is 10.3 Å². The number of nitrogens with one attached hydrogen (secondary N) is 1. The number of rotatable bonds is 2. The highest BCUT2D eigenvalue weighted by Crippen LogP contribution is 2.14. The summed E-state index contributed by atoms with van der Waals surface area (Å²) in [4.78, 5) is 4.12. The molecule has 5 nitrogen and oxygen atoms in total. The zero-order valence-electron chi connectivity index (χ0n) is 8.96. The third-order valence-corrected chi connectivity index (χ3v) is 4.45. The number of sulfonamides is 1. The van der Waals surface area contributed by atoms with Crippen LogP contribution in [0.4, 0.5) is 0 Å². The minimum absolute atomic E-state index is 0.275. The highest BCUT2D eigenvalue weighted by molar-refractivity contribution is 7.89. The standard InChI is InChI=1S/C10H15N3O2S/c14-16(15,10-3-1-4-12-9-10)13-7-2-5-11-6-8-13/h1,3-4,9,11H,2,5-8H2. The van der Waals surface area contributed by atoms with Crippen LogP contribution in [0.3, 0.4) is 0 Å². The van der Waals surface area contributed by atoms with Crippen molar-refractivity contribution in [1.82, 2.24) is 14.6 Å². The SMILES string of the molecule is O=S(=O)(c1cccnc1)N1CCCNCC1. The van der Waals surface area contributed by atoms with Gasteiger partial charge in [0.15, 0.2) is 0 Å². The summed E-state index contributed by atoms with van der Waals surface area (Å²) in [5.74, 6) is 0. The Hall–Kier alpha value is -0.980. The van der Waals surface area contributed by atoms with Crippen LogP contribution < -0.4 is 5.32 Å². The van der Waals surface area contributed by atoms with Gasteiger partial charge >= 0.3 is 0 Å². The van der Waals surface area contributed by atoms with Gasteiger partial charge in [-0.1, -0.05) is 0 Å². The molecule has 0 bridgehead atoms. The number of hydrogen-bond acceptors (Lipinski definition) is 4. The van der Waals surface area contributed by atoms with Crippen LogP contribution in [0.5, 0.6) is 0 Å². The minimum atomic E-state index is -3.35. The molecule has 1 fully saturated rings. The average Bonchev–Trinajstić information content (AvgIpc) is 2.59. The Morgan fingerprint density at radius 2 is 2.19 bits per heavy atom. The van der Waals surface area contributed by atoms with E-state index in [0.29, 0.717) is 19.6 Å². The Kier molecular flexibility index (Phi) is 3.52. The molecule has 0 aromatic carbocycles. The lowest BCUT2D eigenvalue weighted by atomic mass is 10.4. The largest absolute Gasteiger partial charge is 0.315 e. The van der Waals surface area contributed by atoms with E-state index < -0.39 is 10.0 Å². The van der Waals surface area contributed by atoms with Crippen LogP contribution in [0.15, 0.2) is 29.4 Å². The van der Waals surface area contributed by atoms with Crippen molar-refractivity contribution in [3.8, 4) is 0 Å². The molecule has 0 amide bonds. The predicted octanol–water partition coefficient (Wildman–Crippen LogP) is 0.0656. The summed E-state index contributed by atoms with van der Waals surface area (Å²) in [5.41, 5.74) is 0. The molecule has 0 spiro atoms. The predicted molar refractivity (Wildman–Crippen MR) is 60.5 cm³/mol. The zero-order chi connectivity index (χ0) is 11.4. The second-order valence-electron chi connectivity index (χ2n) is 3.70. The van der Waals surface area contributed by atoms with Crippen molar-refractivity contribution in [3.63, 3.8) is 0 Å². The fourth-order valence-corrected chi connectivity index (χ4v) is 3.15. The Bertz CT molecular complexity index is 425. The van der Waals surface area contributed by atoms with Gasteiger partial charge in [0, 0.05) is 32.0 Å². The second kappa shape index (κ2) is 4.90. The summed E-state index contributed by atoms with van der Waals surface area (Å²) in [6, 6.07) is 3.23. The summed E-state index contributed by atoms with van der Waals surface area (Å²) in [5, 5.41) is 3.18. The molecular weight excluding hydrogens is 226 g/mol. The van der Waals surface area contributed by atoms with Crippen molar-refractivity contribution in [2.75, 3.05) is 26.2 Å². The van der Waals surface area contributed by atoms with E-state index >= 15 is 0 Å². The third kappa shape index (κ3) is 2.40. The third-order valence-electron chi connectivity index (χ3n) is 2.57. The topological polar surface area (TPSA) is 62.3 Å². The van der Waals surface area contributed by atoms with Crippen LogP contribution >= 0.6 is 0 Å². The van der Waals surface area contributed by atoms with Crippen LogP contribution in [0.25, 0.3) is 0 Å². The molecule has 1 aliphatic rings. The number of nitrogens with zero attached hydrogens (tertiary/aromatic N) is 2. The maximum absolute atomic E-state index is 12.2. The monoisotopic (exact) mass is 241 g/mol. The van der Waals surface area contributed by atoms with Gasteiger partial charge in [-0.05, 0) is 25.1 Å². The van der Waals surface area contributed by atoms with Gasteiger partial charge in [0.1, 0.15) is 4.90 Å². The number of aromatic nitrogens is 1. The van der Waals surface area contributed by atoms with Crippen LogP contribution in [0.2, 0.25) is 0 Å². The molecule has 0 radical (unpaired) electrons. The average molecular weight is 241 g/mol. The van der Waals surface area contributed by atoms with Crippen LogP contribution in [0.1, 0.15) is 6.42 Å². The van der Waals surface area contributed by atoms with Crippen molar-refractivity contribution in [2.45, 2.75) is 11.3 Å². The second-order valence-corrected chi connectivity index (χ2v) is 5.63. The first kappa shape index (κ1) is 11.5. The number of pyridine rings is 1. The minimum Gasteiger partial charge on any atom is -0.315 e. The van der Waals surface area contributed by atoms with Crippen molar-refractivity contribution < 1.29 is 8.42 Å². The van der Waals surface area contributed by atoms with E-state index in [9.17, 15) is 8.42 Å². The maximum atomic E-state index is 12.2. The summed E-state index contributed by atoms with van der Waals surface area (Å²) in [7, 11) is -3.35. The van der Waals surface area contributed by atoms with Gasteiger partial charge in [0.2, 0.25) is 10.0 Å². The van der Waals surface area contributed by atoms with E-state index in [4.69, 9.17) is 0 Å². The van der Waals surface area contributed by atoms with E-state index in [-0.39, 0.29) is 4.90 Å². The van der Waals surface area contributed by atoms with Gasteiger partial charge in [0.25, 0.3) is 0 Å². The Labute approximate surface area is 95.5 Å². The quantitative estimate of drug-likeness (QED) is 0.795. The van der Waals surface area contributed by atoms with Crippen molar-refractivity contribution in [3.05, 3.63) is 24.5 Å². The fourth-order valence-electron chi connectivity index (χ4n) is 1.71. The lowest BCUT2D eigenvalue weighted by Gasteiger charge is -2.19. The zero-order valence-corrected chi connectivity index (χ0v) is 9.78.